The number of hydrogen-bond donors (Lipinski definition) is 1. The van der Waals surface area contributed by atoms with Gasteiger partial charge in [-0.25, -0.2) is 0 Å². The summed E-state index contributed by atoms with van der Waals surface area (Å²) < 4.78 is 7.91. The summed E-state index contributed by atoms with van der Waals surface area (Å²) in [6.45, 7) is 8.01. The molecule has 1 N–H and O–H groups in total. The molecule has 6 nitrogen and oxygen atoms in total. The first-order valence-corrected chi connectivity index (χ1v) is 12.3. The van der Waals surface area contributed by atoms with Crippen molar-refractivity contribution in [2.75, 3.05) is 13.1 Å². The van der Waals surface area contributed by atoms with E-state index >= 15 is 0 Å². The lowest BCUT2D eigenvalue weighted by Crippen LogP contribution is -2.36. The number of nitrogens with one attached hydrogen (secondary N) is 1. The third-order valence-electron chi connectivity index (χ3n) is 5.49. The molecule has 1 fully saturated rings. The van der Waals surface area contributed by atoms with Crippen LogP contribution >= 0.6 is 34.8 Å². The molecule has 1 aliphatic heterocycles. The molecule has 0 saturated carbocycles. The fourth-order valence-electron chi connectivity index (χ4n) is 3.73. The SMILES string of the molecule is CC(C)(C)NCc1c(C(=O)N2CCCC2)nn(-c2ccc(Cl)cc2Cl)c1Oc1ccc(Cl)cc1. The molecule has 2 heterocycles. The van der Waals surface area contributed by atoms with Crippen molar-refractivity contribution >= 4 is 40.7 Å². The van der Waals surface area contributed by atoms with Crippen molar-refractivity contribution in [1.29, 1.82) is 0 Å². The molecule has 0 unspecified atom stereocenters. The minimum atomic E-state index is -0.189. The molecule has 2 aromatic carbocycles. The Morgan fingerprint density at radius 3 is 2.29 bits per heavy atom. The minimum Gasteiger partial charge on any atom is -0.439 e. The van der Waals surface area contributed by atoms with Crippen LogP contribution in [-0.4, -0.2) is 39.2 Å². The Kier molecular flexibility index (Phi) is 7.43. The van der Waals surface area contributed by atoms with E-state index in [-0.39, 0.29) is 11.4 Å². The summed E-state index contributed by atoms with van der Waals surface area (Å²) in [5.41, 5.74) is 1.37. The summed E-state index contributed by atoms with van der Waals surface area (Å²) in [6.07, 6.45) is 1.97. The molecule has 0 spiro atoms. The second-order valence-electron chi connectivity index (χ2n) is 9.30. The molecule has 1 saturated heterocycles. The summed E-state index contributed by atoms with van der Waals surface area (Å²) >= 11 is 18.7. The lowest BCUT2D eigenvalue weighted by molar-refractivity contribution is 0.0785. The highest BCUT2D eigenvalue weighted by Gasteiger charge is 2.31. The molecular formula is C25H27Cl3N4O2. The predicted octanol–water partition coefficient (Wildman–Crippen LogP) is 6.75. The molecule has 1 aromatic heterocycles. The van der Waals surface area contributed by atoms with Crippen molar-refractivity contribution in [2.24, 2.45) is 0 Å². The first kappa shape index (κ1) is 24.9. The van der Waals surface area contributed by atoms with Crippen LogP contribution < -0.4 is 10.1 Å². The number of carbonyl (C=O) groups is 1. The van der Waals surface area contributed by atoms with Gasteiger partial charge in [0, 0.05) is 35.2 Å². The molecule has 0 bridgehead atoms. The van der Waals surface area contributed by atoms with Crippen molar-refractivity contribution in [2.45, 2.75) is 45.7 Å². The Balaban J connectivity index is 1.88. The number of rotatable bonds is 6. The van der Waals surface area contributed by atoms with E-state index in [1.807, 2.05) is 4.90 Å². The first-order chi connectivity index (χ1) is 16.1. The van der Waals surface area contributed by atoms with Gasteiger partial charge < -0.3 is 15.0 Å². The Morgan fingerprint density at radius 2 is 1.68 bits per heavy atom. The highest BCUT2D eigenvalue weighted by molar-refractivity contribution is 6.35. The quantitative estimate of drug-likeness (QED) is 0.390. The Hall–Kier alpha value is -2.25. The lowest BCUT2D eigenvalue weighted by atomic mass is 10.1. The van der Waals surface area contributed by atoms with Gasteiger partial charge >= 0.3 is 0 Å². The third-order valence-corrected chi connectivity index (χ3v) is 6.28. The lowest BCUT2D eigenvalue weighted by Gasteiger charge is -2.21. The Labute approximate surface area is 214 Å². The number of hydrogen-bond acceptors (Lipinski definition) is 4. The van der Waals surface area contributed by atoms with Crippen LogP contribution in [0.15, 0.2) is 42.5 Å². The van der Waals surface area contributed by atoms with Crippen molar-refractivity contribution < 1.29 is 9.53 Å². The van der Waals surface area contributed by atoms with Crippen molar-refractivity contribution in [3.05, 3.63) is 68.8 Å². The van der Waals surface area contributed by atoms with E-state index < -0.39 is 0 Å². The van der Waals surface area contributed by atoms with Gasteiger partial charge in [0.15, 0.2) is 5.69 Å². The Morgan fingerprint density at radius 1 is 1.03 bits per heavy atom. The fraction of sp³-hybridized carbons (Fsp3) is 0.360. The minimum absolute atomic E-state index is 0.118. The van der Waals surface area contributed by atoms with Crippen LogP contribution in [0, 0.1) is 0 Å². The molecule has 0 aliphatic carbocycles. The molecular weight excluding hydrogens is 495 g/mol. The van der Waals surface area contributed by atoms with E-state index in [4.69, 9.17) is 44.6 Å². The van der Waals surface area contributed by atoms with Gasteiger partial charge in [-0.3, -0.25) is 4.79 Å². The van der Waals surface area contributed by atoms with Gasteiger partial charge in [0.1, 0.15) is 5.75 Å². The zero-order valence-corrected chi connectivity index (χ0v) is 21.6. The molecule has 9 heteroatoms. The van der Waals surface area contributed by atoms with E-state index in [1.165, 1.54) is 0 Å². The topological polar surface area (TPSA) is 59.4 Å². The molecule has 34 heavy (non-hydrogen) atoms. The standard InChI is InChI=1S/C25H27Cl3N4O2/c1-25(2,3)29-15-19-22(23(33)31-12-4-5-13-31)30-32(21-11-8-17(27)14-20(21)28)24(19)34-18-9-6-16(26)7-10-18/h6-11,14,29H,4-5,12-13,15H2,1-3H3. The molecule has 4 rings (SSSR count). The maximum Gasteiger partial charge on any atom is 0.274 e. The van der Waals surface area contributed by atoms with Crippen LogP contribution in [0.4, 0.5) is 0 Å². The molecule has 1 amide bonds. The van der Waals surface area contributed by atoms with E-state index in [2.05, 4.69) is 26.1 Å². The average molecular weight is 522 g/mol. The number of aromatic nitrogens is 2. The normalized spacial score (nSPS) is 14.0. The van der Waals surface area contributed by atoms with Crippen molar-refractivity contribution in [3.63, 3.8) is 0 Å². The number of ether oxygens (including phenoxy) is 1. The second-order valence-corrected chi connectivity index (χ2v) is 10.6. The van der Waals surface area contributed by atoms with E-state index in [0.29, 0.717) is 63.3 Å². The Bertz CT molecular complexity index is 1180. The summed E-state index contributed by atoms with van der Waals surface area (Å²) in [4.78, 5) is 15.4. The van der Waals surface area contributed by atoms with Crippen molar-refractivity contribution in [1.82, 2.24) is 20.0 Å². The number of nitrogens with zero attached hydrogens (tertiary/aromatic N) is 3. The monoisotopic (exact) mass is 520 g/mol. The maximum absolute atomic E-state index is 13.5. The van der Waals surface area contributed by atoms with Gasteiger partial charge in [0.05, 0.1) is 16.3 Å². The summed E-state index contributed by atoms with van der Waals surface area (Å²) in [7, 11) is 0. The number of halogens is 3. The zero-order valence-electron chi connectivity index (χ0n) is 19.4. The molecule has 0 atom stereocenters. The van der Waals surface area contributed by atoms with Crippen LogP contribution in [0.2, 0.25) is 15.1 Å². The van der Waals surface area contributed by atoms with Crippen LogP contribution in [0.3, 0.4) is 0 Å². The van der Waals surface area contributed by atoms with Gasteiger partial charge in [-0.2, -0.15) is 9.78 Å². The van der Waals surface area contributed by atoms with Gasteiger partial charge in [-0.05, 0) is 76.1 Å². The number of benzene rings is 2. The molecule has 0 radical (unpaired) electrons. The van der Waals surface area contributed by atoms with Crippen LogP contribution in [0.5, 0.6) is 11.6 Å². The summed E-state index contributed by atoms with van der Waals surface area (Å²) in [5.74, 6) is 0.853. The summed E-state index contributed by atoms with van der Waals surface area (Å²) in [6, 6.07) is 12.2. The van der Waals surface area contributed by atoms with Crippen molar-refractivity contribution in [3.8, 4) is 17.3 Å². The van der Waals surface area contributed by atoms with Gasteiger partial charge in [-0.1, -0.05) is 34.8 Å². The largest absolute Gasteiger partial charge is 0.439 e. The molecule has 1 aliphatic rings. The average Bonchev–Trinajstić information content (AvgIpc) is 3.42. The predicted molar refractivity (Wildman–Crippen MR) is 137 cm³/mol. The van der Waals surface area contributed by atoms with Crippen LogP contribution in [0.1, 0.15) is 49.7 Å². The molecule has 3 aromatic rings. The maximum atomic E-state index is 13.5. The van der Waals surface area contributed by atoms with Crippen LogP contribution in [0.25, 0.3) is 5.69 Å². The molecule has 180 valence electrons. The number of likely N-dealkylation sites (tertiary alicyclic amines) is 1. The van der Waals surface area contributed by atoms with Gasteiger partial charge in [0.25, 0.3) is 5.91 Å². The fourth-order valence-corrected chi connectivity index (χ4v) is 4.34. The van der Waals surface area contributed by atoms with E-state index in [9.17, 15) is 4.79 Å². The first-order valence-electron chi connectivity index (χ1n) is 11.2. The van der Waals surface area contributed by atoms with Gasteiger partial charge in [0.2, 0.25) is 5.88 Å². The highest BCUT2D eigenvalue weighted by Crippen LogP contribution is 2.35. The van der Waals surface area contributed by atoms with E-state index in [0.717, 1.165) is 12.8 Å². The third kappa shape index (κ3) is 5.69. The van der Waals surface area contributed by atoms with Crippen LogP contribution in [-0.2, 0) is 6.54 Å². The number of amides is 1. The number of carbonyl (C=O) groups excluding carboxylic acids is 1. The smallest absolute Gasteiger partial charge is 0.274 e. The van der Waals surface area contributed by atoms with E-state index in [1.54, 1.807) is 47.1 Å². The summed E-state index contributed by atoms with van der Waals surface area (Å²) in [5, 5.41) is 9.70. The second kappa shape index (κ2) is 10.2. The van der Waals surface area contributed by atoms with Gasteiger partial charge in [-0.15, -0.1) is 0 Å². The zero-order chi connectivity index (χ0) is 24.5. The highest BCUT2D eigenvalue weighted by atomic mass is 35.5.